The zero-order valence-corrected chi connectivity index (χ0v) is 19.6. The van der Waals surface area contributed by atoms with Crippen molar-refractivity contribution in [3.05, 3.63) is 87.9 Å². The van der Waals surface area contributed by atoms with E-state index in [1.54, 1.807) is 36.4 Å². The molecule has 0 saturated carbocycles. The highest BCUT2D eigenvalue weighted by Gasteiger charge is 2.15. The van der Waals surface area contributed by atoms with Crippen molar-refractivity contribution >= 4 is 46.5 Å². The lowest BCUT2D eigenvalue weighted by molar-refractivity contribution is -0.133. The van der Waals surface area contributed by atoms with Gasteiger partial charge in [0.05, 0.1) is 47.5 Å². The van der Waals surface area contributed by atoms with E-state index >= 15 is 0 Å². The third-order valence-corrected chi connectivity index (χ3v) is 5.49. The van der Waals surface area contributed by atoms with Crippen LogP contribution < -0.4 is 10.1 Å². The van der Waals surface area contributed by atoms with E-state index in [0.717, 1.165) is 0 Å². The highest BCUT2D eigenvalue weighted by molar-refractivity contribution is 6.39. The van der Waals surface area contributed by atoms with Gasteiger partial charge in [0, 0.05) is 11.6 Å². The van der Waals surface area contributed by atoms with Gasteiger partial charge in [-0.2, -0.15) is 0 Å². The first-order chi connectivity index (χ1) is 16.4. The summed E-state index contributed by atoms with van der Waals surface area (Å²) < 4.78 is 10.5. The number of carbonyl (C=O) groups is 2. The molecule has 0 bridgehead atoms. The zero-order valence-electron chi connectivity index (χ0n) is 18.0. The molecule has 3 N–H and O–H groups in total. The summed E-state index contributed by atoms with van der Waals surface area (Å²) in [7, 11) is 0. The number of hydrogen-bond acceptors (Lipinski definition) is 7. The van der Waals surface area contributed by atoms with Crippen LogP contribution in [0.25, 0.3) is 0 Å². The van der Waals surface area contributed by atoms with E-state index in [4.69, 9.17) is 42.9 Å². The summed E-state index contributed by atoms with van der Waals surface area (Å²) in [5.41, 5.74) is 2.14. The van der Waals surface area contributed by atoms with Crippen LogP contribution >= 0.6 is 23.2 Å². The van der Waals surface area contributed by atoms with Gasteiger partial charge < -0.3 is 25.0 Å². The van der Waals surface area contributed by atoms with Crippen LogP contribution in [0.2, 0.25) is 10.0 Å². The van der Waals surface area contributed by atoms with Crippen molar-refractivity contribution in [2.24, 2.45) is 5.92 Å². The second-order valence-corrected chi connectivity index (χ2v) is 8.20. The Morgan fingerprint density at radius 3 is 2.18 bits per heavy atom. The van der Waals surface area contributed by atoms with Crippen LogP contribution in [-0.2, 0) is 16.0 Å². The summed E-state index contributed by atoms with van der Waals surface area (Å²) in [6, 6.07) is 18.3. The van der Waals surface area contributed by atoms with Gasteiger partial charge in [-0.25, -0.2) is 4.79 Å². The first-order valence-electron chi connectivity index (χ1n) is 10.4. The molecule has 3 aromatic carbocycles. The maximum Gasteiger partial charge on any atom is 0.338 e. The van der Waals surface area contributed by atoms with E-state index < -0.39 is 17.9 Å². The molecule has 3 aromatic rings. The molecule has 178 valence electrons. The molecule has 3 rings (SSSR count). The van der Waals surface area contributed by atoms with E-state index in [-0.39, 0.29) is 37.6 Å². The fraction of sp³-hybridized carbons (Fsp3) is 0.200. The summed E-state index contributed by atoms with van der Waals surface area (Å²) in [5.74, 6) is -1.37. The highest BCUT2D eigenvalue weighted by Crippen LogP contribution is 2.33. The maximum atomic E-state index is 12.5. The minimum Gasteiger partial charge on any atom is -0.462 e. The van der Waals surface area contributed by atoms with Crippen LogP contribution in [0.3, 0.4) is 0 Å². The number of anilines is 2. The van der Waals surface area contributed by atoms with Crippen LogP contribution in [0.1, 0.15) is 15.9 Å². The monoisotopic (exact) mass is 503 g/mol. The lowest BCUT2D eigenvalue weighted by Gasteiger charge is -2.14. The quantitative estimate of drug-likeness (QED) is 0.273. The summed E-state index contributed by atoms with van der Waals surface area (Å²) in [6.45, 7) is -0.680. The third kappa shape index (κ3) is 6.95. The molecule has 0 saturated heterocycles. The predicted octanol–water partition coefficient (Wildman–Crippen LogP) is 4.64. The molecule has 0 spiro atoms. The molecule has 34 heavy (non-hydrogen) atoms. The molecule has 0 aliphatic rings. The number of halogens is 2. The van der Waals surface area contributed by atoms with Crippen LogP contribution in [0.4, 0.5) is 11.4 Å². The standard InChI is InChI=1S/C25H23Cl2NO6/c26-20-5-3-6-21(27)24(20)28-22-7-2-1-4-18(22)12-23(31)34-19-10-8-17(9-11-19)25(32)33-15-16(13-29)14-30/h1-11,16,28-30H,12-15H2. The average Bonchev–Trinajstić information content (AvgIpc) is 2.83. The number of nitrogens with one attached hydrogen (secondary N) is 1. The fourth-order valence-electron chi connectivity index (χ4n) is 2.97. The average molecular weight is 504 g/mol. The number of esters is 2. The Balaban J connectivity index is 1.62. The third-order valence-electron chi connectivity index (χ3n) is 4.86. The minimum absolute atomic E-state index is 0.0151. The number of aliphatic hydroxyl groups excluding tert-OH is 2. The molecule has 9 heteroatoms. The van der Waals surface area contributed by atoms with E-state index in [9.17, 15) is 9.59 Å². The highest BCUT2D eigenvalue weighted by atomic mass is 35.5. The molecule has 0 atom stereocenters. The van der Waals surface area contributed by atoms with Gasteiger partial charge in [0.25, 0.3) is 0 Å². The van der Waals surface area contributed by atoms with Crippen LogP contribution in [0, 0.1) is 5.92 Å². The largest absolute Gasteiger partial charge is 0.462 e. The molecule has 0 fully saturated rings. The molecule has 0 heterocycles. The van der Waals surface area contributed by atoms with Crippen LogP contribution in [0.5, 0.6) is 5.75 Å². The number of para-hydroxylation sites is 2. The Labute approximate surface area is 206 Å². The van der Waals surface area contributed by atoms with E-state index in [1.165, 1.54) is 24.3 Å². The number of benzene rings is 3. The molecular weight excluding hydrogens is 481 g/mol. The van der Waals surface area contributed by atoms with E-state index in [2.05, 4.69) is 5.32 Å². The SMILES string of the molecule is O=C(Cc1ccccc1Nc1c(Cl)cccc1Cl)Oc1ccc(C(=O)OCC(CO)CO)cc1. The van der Waals surface area contributed by atoms with Crippen molar-refractivity contribution in [3.8, 4) is 5.75 Å². The number of hydrogen-bond donors (Lipinski definition) is 3. The Kier molecular flexibility index (Phi) is 9.30. The Bertz CT molecular complexity index is 1110. The van der Waals surface area contributed by atoms with Crippen molar-refractivity contribution in [1.82, 2.24) is 0 Å². The van der Waals surface area contributed by atoms with Gasteiger partial charge in [0.1, 0.15) is 5.75 Å². The lowest BCUT2D eigenvalue weighted by atomic mass is 10.1. The molecule has 0 unspecified atom stereocenters. The Hall–Kier alpha value is -3.10. The normalized spacial score (nSPS) is 10.7. The van der Waals surface area contributed by atoms with Gasteiger partial charge in [0.15, 0.2) is 0 Å². The summed E-state index contributed by atoms with van der Waals surface area (Å²) in [5, 5.41) is 22.1. The summed E-state index contributed by atoms with van der Waals surface area (Å²) in [6.07, 6.45) is -0.0151. The first-order valence-corrected chi connectivity index (χ1v) is 11.2. The van der Waals surface area contributed by atoms with Gasteiger partial charge in [-0.15, -0.1) is 0 Å². The van der Waals surface area contributed by atoms with E-state index in [1.807, 2.05) is 6.07 Å². The molecule has 0 amide bonds. The smallest absolute Gasteiger partial charge is 0.338 e. The van der Waals surface area contributed by atoms with Crippen molar-refractivity contribution in [2.45, 2.75) is 6.42 Å². The number of carbonyl (C=O) groups excluding carboxylic acids is 2. The van der Waals surface area contributed by atoms with E-state index in [0.29, 0.717) is 27.0 Å². The number of rotatable bonds is 10. The van der Waals surface area contributed by atoms with Gasteiger partial charge in [-0.3, -0.25) is 4.79 Å². The van der Waals surface area contributed by atoms with Crippen LogP contribution in [-0.4, -0.2) is 42.0 Å². The van der Waals surface area contributed by atoms with Crippen molar-refractivity contribution in [3.63, 3.8) is 0 Å². The Morgan fingerprint density at radius 2 is 1.53 bits per heavy atom. The number of ether oxygens (including phenoxy) is 2. The van der Waals surface area contributed by atoms with Gasteiger partial charge in [-0.1, -0.05) is 47.5 Å². The zero-order chi connectivity index (χ0) is 24.5. The minimum atomic E-state index is -0.608. The molecule has 0 aromatic heterocycles. The Morgan fingerprint density at radius 1 is 0.882 bits per heavy atom. The molecule has 0 aliphatic heterocycles. The fourth-order valence-corrected chi connectivity index (χ4v) is 3.46. The summed E-state index contributed by atoms with van der Waals surface area (Å²) >= 11 is 12.5. The molecule has 0 aliphatic carbocycles. The number of aliphatic hydroxyl groups is 2. The maximum absolute atomic E-state index is 12.5. The van der Waals surface area contributed by atoms with Crippen molar-refractivity contribution in [2.75, 3.05) is 25.1 Å². The van der Waals surface area contributed by atoms with Gasteiger partial charge in [-0.05, 0) is 48.0 Å². The lowest BCUT2D eigenvalue weighted by Crippen LogP contribution is -2.20. The molecule has 0 radical (unpaired) electrons. The van der Waals surface area contributed by atoms with Crippen LogP contribution in [0.15, 0.2) is 66.7 Å². The van der Waals surface area contributed by atoms with Gasteiger partial charge in [0.2, 0.25) is 0 Å². The van der Waals surface area contributed by atoms with Crippen molar-refractivity contribution < 1.29 is 29.3 Å². The molecular formula is C25H23Cl2NO6. The second kappa shape index (κ2) is 12.4. The molecule has 7 nitrogen and oxygen atoms in total. The topological polar surface area (TPSA) is 105 Å². The van der Waals surface area contributed by atoms with Crippen molar-refractivity contribution in [1.29, 1.82) is 0 Å². The predicted molar refractivity (Wildman–Crippen MR) is 130 cm³/mol. The van der Waals surface area contributed by atoms with Gasteiger partial charge >= 0.3 is 11.9 Å². The second-order valence-electron chi connectivity index (χ2n) is 7.38. The first kappa shape index (κ1) is 25.5. The summed E-state index contributed by atoms with van der Waals surface area (Å²) in [4.78, 5) is 24.6.